The summed E-state index contributed by atoms with van der Waals surface area (Å²) in [6.45, 7) is 5.78. The lowest BCUT2D eigenvalue weighted by molar-refractivity contribution is -0.136. The third-order valence-electron chi connectivity index (χ3n) is 6.36. The summed E-state index contributed by atoms with van der Waals surface area (Å²) in [5, 5.41) is 4.97. The number of carbonyl (C=O) groups is 4. The predicted octanol–water partition coefficient (Wildman–Crippen LogP) is 2.44. The Morgan fingerprint density at radius 2 is 1.84 bits per heavy atom. The van der Waals surface area contributed by atoms with Crippen LogP contribution in [0.15, 0.2) is 24.3 Å². The SMILES string of the molecule is Cc1cc(C(=O)NCc2ccc3c(c2F)CN(C2CCC(=O)NC2=O)C3=O)cc(C)c1C. The van der Waals surface area contributed by atoms with Crippen LogP contribution in [0.4, 0.5) is 4.39 Å². The van der Waals surface area contributed by atoms with Crippen LogP contribution in [0.25, 0.3) is 0 Å². The first kappa shape index (κ1) is 21.7. The molecule has 0 spiro atoms. The molecule has 0 aromatic heterocycles. The van der Waals surface area contributed by atoms with E-state index in [9.17, 15) is 19.2 Å². The van der Waals surface area contributed by atoms with Gasteiger partial charge in [-0.1, -0.05) is 6.07 Å². The normalized spacial score (nSPS) is 17.9. The van der Waals surface area contributed by atoms with Gasteiger partial charge in [0, 0.05) is 35.2 Å². The van der Waals surface area contributed by atoms with Crippen molar-refractivity contribution in [2.75, 3.05) is 0 Å². The van der Waals surface area contributed by atoms with Gasteiger partial charge in [-0.2, -0.15) is 0 Å². The van der Waals surface area contributed by atoms with Gasteiger partial charge in [-0.25, -0.2) is 4.39 Å². The van der Waals surface area contributed by atoms with Crippen LogP contribution in [0.1, 0.15) is 61.4 Å². The van der Waals surface area contributed by atoms with Gasteiger partial charge in [0.25, 0.3) is 11.8 Å². The molecule has 2 aliphatic rings. The first-order valence-corrected chi connectivity index (χ1v) is 10.5. The third kappa shape index (κ3) is 3.77. The molecule has 0 bridgehead atoms. The fourth-order valence-electron chi connectivity index (χ4n) is 4.23. The lowest BCUT2D eigenvalue weighted by atomic mass is 10.00. The summed E-state index contributed by atoms with van der Waals surface area (Å²) < 4.78 is 15.2. The third-order valence-corrected chi connectivity index (χ3v) is 6.36. The maximum absolute atomic E-state index is 15.2. The first-order valence-electron chi connectivity index (χ1n) is 10.5. The van der Waals surface area contributed by atoms with Gasteiger partial charge in [-0.3, -0.25) is 24.5 Å². The molecule has 1 saturated heterocycles. The number of hydrogen-bond donors (Lipinski definition) is 2. The number of carbonyl (C=O) groups excluding carboxylic acids is 4. The summed E-state index contributed by atoms with van der Waals surface area (Å²) in [5.74, 6) is -2.23. The van der Waals surface area contributed by atoms with Crippen LogP contribution in [0.5, 0.6) is 0 Å². The summed E-state index contributed by atoms with van der Waals surface area (Å²) in [6.07, 6.45) is 0.346. The number of aryl methyl sites for hydroxylation is 2. The van der Waals surface area contributed by atoms with Gasteiger partial charge in [0.1, 0.15) is 11.9 Å². The largest absolute Gasteiger partial charge is 0.348 e. The number of nitrogens with one attached hydrogen (secondary N) is 2. The molecule has 2 N–H and O–H groups in total. The van der Waals surface area contributed by atoms with E-state index >= 15 is 4.39 Å². The molecule has 1 fully saturated rings. The molecule has 1 unspecified atom stereocenters. The highest BCUT2D eigenvalue weighted by molar-refractivity contribution is 6.05. The van der Waals surface area contributed by atoms with Crippen LogP contribution in [-0.2, 0) is 22.7 Å². The van der Waals surface area contributed by atoms with Gasteiger partial charge >= 0.3 is 0 Å². The van der Waals surface area contributed by atoms with Crippen LogP contribution in [0.3, 0.4) is 0 Å². The molecular formula is C24H24FN3O4. The van der Waals surface area contributed by atoms with Gasteiger partial charge in [0.15, 0.2) is 0 Å². The van der Waals surface area contributed by atoms with Crippen LogP contribution in [-0.4, -0.2) is 34.6 Å². The highest BCUT2D eigenvalue weighted by atomic mass is 19.1. The molecule has 166 valence electrons. The van der Waals surface area contributed by atoms with Crippen molar-refractivity contribution in [3.8, 4) is 0 Å². The van der Waals surface area contributed by atoms with E-state index in [1.165, 1.54) is 17.0 Å². The van der Waals surface area contributed by atoms with E-state index in [-0.39, 0.29) is 54.4 Å². The number of rotatable bonds is 4. The van der Waals surface area contributed by atoms with E-state index in [0.717, 1.165) is 16.7 Å². The number of imide groups is 1. The molecule has 32 heavy (non-hydrogen) atoms. The molecule has 1 atom stereocenters. The fraction of sp³-hybridized carbons (Fsp3) is 0.333. The quantitative estimate of drug-likeness (QED) is 0.719. The minimum absolute atomic E-state index is 0.0312. The second-order valence-corrected chi connectivity index (χ2v) is 8.38. The van der Waals surface area contributed by atoms with Gasteiger partial charge in [-0.15, -0.1) is 0 Å². The zero-order valence-electron chi connectivity index (χ0n) is 18.2. The van der Waals surface area contributed by atoms with Crippen LogP contribution in [0.2, 0.25) is 0 Å². The average molecular weight is 437 g/mol. The average Bonchev–Trinajstić information content (AvgIpc) is 3.08. The molecule has 0 aliphatic carbocycles. The van der Waals surface area contributed by atoms with Gasteiger partial charge < -0.3 is 10.2 Å². The Kier molecular flexibility index (Phi) is 5.54. The summed E-state index contributed by atoms with van der Waals surface area (Å²) in [5.41, 5.74) is 4.30. The molecule has 0 radical (unpaired) electrons. The van der Waals surface area contributed by atoms with Crippen molar-refractivity contribution in [2.45, 2.75) is 52.7 Å². The Bertz CT molecular complexity index is 1150. The van der Waals surface area contributed by atoms with E-state index < -0.39 is 23.7 Å². The zero-order chi connectivity index (χ0) is 23.2. The Balaban J connectivity index is 1.50. The highest BCUT2D eigenvalue weighted by Gasteiger charge is 2.40. The molecular weight excluding hydrogens is 413 g/mol. The topological polar surface area (TPSA) is 95.6 Å². The molecule has 4 rings (SSSR count). The molecule has 2 aromatic rings. The van der Waals surface area contributed by atoms with E-state index in [4.69, 9.17) is 0 Å². The number of hydrogen-bond acceptors (Lipinski definition) is 4. The number of piperidine rings is 1. The lowest BCUT2D eigenvalue weighted by Gasteiger charge is -2.29. The monoisotopic (exact) mass is 437 g/mol. The highest BCUT2D eigenvalue weighted by Crippen LogP contribution is 2.30. The molecule has 4 amide bonds. The Hall–Kier alpha value is -3.55. The molecule has 2 aromatic carbocycles. The Labute approximate surface area is 185 Å². The second kappa shape index (κ2) is 8.18. The Morgan fingerprint density at radius 3 is 2.50 bits per heavy atom. The van der Waals surface area contributed by atoms with E-state index in [2.05, 4.69) is 10.6 Å². The minimum Gasteiger partial charge on any atom is -0.348 e. The number of nitrogens with zero attached hydrogens (tertiary/aromatic N) is 1. The number of halogens is 1. The van der Waals surface area contributed by atoms with Crippen molar-refractivity contribution < 1.29 is 23.6 Å². The van der Waals surface area contributed by atoms with Crippen LogP contribution in [0, 0.1) is 26.6 Å². The number of fused-ring (bicyclic) bond motifs is 1. The standard InChI is InChI=1S/C24H24FN3O4/c1-12-8-16(9-13(2)14(12)3)22(30)26-10-15-4-5-17-18(21(15)25)11-28(24(17)32)19-6-7-20(29)27-23(19)31/h4-5,8-9,19H,6-7,10-11H2,1-3H3,(H,26,30)(H,27,29,31). The molecule has 7 nitrogen and oxygen atoms in total. The van der Waals surface area contributed by atoms with E-state index in [1.54, 1.807) is 12.1 Å². The van der Waals surface area contributed by atoms with Crippen molar-refractivity contribution in [3.63, 3.8) is 0 Å². The Morgan fingerprint density at radius 1 is 1.16 bits per heavy atom. The van der Waals surface area contributed by atoms with E-state index in [1.807, 2.05) is 20.8 Å². The fourth-order valence-corrected chi connectivity index (χ4v) is 4.23. The minimum atomic E-state index is -0.803. The van der Waals surface area contributed by atoms with Crippen molar-refractivity contribution >= 4 is 23.6 Å². The maximum Gasteiger partial charge on any atom is 0.255 e. The van der Waals surface area contributed by atoms with E-state index in [0.29, 0.717) is 5.56 Å². The summed E-state index contributed by atoms with van der Waals surface area (Å²) in [4.78, 5) is 50.2. The zero-order valence-corrected chi connectivity index (χ0v) is 18.2. The van der Waals surface area contributed by atoms with Gasteiger partial charge in [0.2, 0.25) is 11.8 Å². The van der Waals surface area contributed by atoms with Crippen molar-refractivity contribution in [1.29, 1.82) is 0 Å². The van der Waals surface area contributed by atoms with Crippen LogP contribution < -0.4 is 10.6 Å². The van der Waals surface area contributed by atoms with Gasteiger partial charge in [-0.05, 0) is 62.1 Å². The number of amides is 4. The predicted molar refractivity (Wildman–Crippen MR) is 114 cm³/mol. The molecule has 2 aliphatic heterocycles. The summed E-state index contributed by atoms with van der Waals surface area (Å²) in [6, 6.07) is 5.80. The number of benzene rings is 2. The lowest BCUT2D eigenvalue weighted by Crippen LogP contribution is -2.52. The van der Waals surface area contributed by atoms with Gasteiger partial charge in [0.05, 0.1) is 6.54 Å². The molecule has 2 heterocycles. The van der Waals surface area contributed by atoms with Crippen molar-refractivity contribution in [1.82, 2.24) is 15.5 Å². The molecule has 0 saturated carbocycles. The smallest absolute Gasteiger partial charge is 0.255 e. The summed E-state index contributed by atoms with van der Waals surface area (Å²) in [7, 11) is 0. The first-order chi connectivity index (χ1) is 15.2. The second-order valence-electron chi connectivity index (χ2n) is 8.38. The van der Waals surface area contributed by atoms with Crippen molar-refractivity contribution in [2.24, 2.45) is 0 Å². The van der Waals surface area contributed by atoms with Crippen LogP contribution >= 0.6 is 0 Å². The van der Waals surface area contributed by atoms with Crippen molar-refractivity contribution in [3.05, 3.63) is 69.0 Å². The summed E-state index contributed by atoms with van der Waals surface area (Å²) >= 11 is 0. The maximum atomic E-state index is 15.2. The molecule has 8 heteroatoms.